The summed E-state index contributed by atoms with van der Waals surface area (Å²) in [6.45, 7) is 1.99. The van der Waals surface area contributed by atoms with Gasteiger partial charge in [0.05, 0.1) is 11.4 Å². The van der Waals surface area contributed by atoms with Gasteiger partial charge in [-0.05, 0) is 42.3 Å². The number of nitrogens with zero attached hydrogens (tertiary/aromatic N) is 1. The van der Waals surface area contributed by atoms with Gasteiger partial charge < -0.3 is 16.4 Å². The Morgan fingerprint density at radius 1 is 1.43 bits per heavy atom. The molecule has 0 radical (unpaired) electrons. The van der Waals surface area contributed by atoms with E-state index >= 15 is 0 Å². The number of benzene rings is 1. The first-order chi connectivity index (χ1) is 11.0. The Balaban J connectivity index is 2.14. The highest BCUT2D eigenvalue weighted by Gasteiger charge is 2.07. The van der Waals surface area contributed by atoms with Crippen LogP contribution in [0.25, 0.3) is 6.08 Å². The second-order valence-corrected chi connectivity index (χ2v) is 5.31. The lowest BCUT2D eigenvalue weighted by Crippen LogP contribution is -2.10. The highest BCUT2D eigenvalue weighted by atomic mass is 35.5. The van der Waals surface area contributed by atoms with Crippen LogP contribution in [-0.4, -0.2) is 17.9 Å². The summed E-state index contributed by atoms with van der Waals surface area (Å²) in [6, 6.07) is 7.12. The van der Waals surface area contributed by atoms with E-state index in [2.05, 4.69) is 15.6 Å². The zero-order valence-electron chi connectivity index (χ0n) is 13.1. The third-order valence-corrected chi connectivity index (χ3v) is 3.70. The Morgan fingerprint density at radius 3 is 2.91 bits per heavy atom. The lowest BCUT2D eigenvalue weighted by molar-refractivity contribution is -0.111. The van der Waals surface area contributed by atoms with Crippen LogP contribution in [0, 0.1) is 0 Å². The van der Waals surface area contributed by atoms with E-state index < -0.39 is 0 Å². The Hall–Kier alpha value is -2.53. The van der Waals surface area contributed by atoms with Gasteiger partial charge in [0, 0.05) is 29.9 Å². The van der Waals surface area contributed by atoms with Gasteiger partial charge in [-0.15, -0.1) is 0 Å². The quantitative estimate of drug-likeness (QED) is 0.578. The number of hydrogen-bond acceptors (Lipinski definition) is 4. The maximum Gasteiger partial charge on any atom is 0.248 e. The molecule has 0 saturated carbocycles. The molecule has 23 heavy (non-hydrogen) atoms. The molecule has 0 aliphatic heterocycles. The first kappa shape index (κ1) is 16.8. The van der Waals surface area contributed by atoms with Crippen molar-refractivity contribution in [1.82, 2.24) is 4.98 Å². The summed E-state index contributed by atoms with van der Waals surface area (Å²) in [5.41, 5.74) is 8.71. The molecule has 0 fully saturated rings. The predicted octanol–water partition coefficient (Wildman–Crippen LogP) is 3.57. The fourth-order valence-corrected chi connectivity index (χ4v) is 2.41. The van der Waals surface area contributed by atoms with Crippen LogP contribution in [0.4, 0.5) is 17.2 Å². The van der Waals surface area contributed by atoms with Crippen LogP contribution in [0.2, 0.25) is 5.02 Å². The molecule has 1 amide bonds. The van der Waals surface area contributed by atoms with Gasteiger partial charge in [-0.3, -0.25) is 4.79 Å². The van der Waals surface area contributed by atoms with Gasteiger partial charge >= 0.3 is 0 Å². The van der Waals surface area contributed by atoms with Gasteiger partial charge in [-0.25, -0.2) is 4.98 Å². The third-order valence-electron chi connectivity index (χ3n) is 3.35. The first-order valence-corrected chi connectivity index (χ1v) is 7.62. The van der Waals surface area contributed by atoms with Crippen molar-refractivity contribution in [3.05, 3.63) is 52.7 Å². The van der Waals surface area contributed by atoms with Crippen molar-refractivity contribution in [3.63, 3.8) is 0 Å². The van der Waals surface area contributed by atoms with Gasteiger partial charge in [0.2, 0.25) is 5.91 Å². The standard InChI is InChI=1S/C17H19ClN4O/c1-3-11-9-14(19)15(10-13(11)18)22-16(23)7-6-12-5-4-8-21-17(12)20-2/h4-10H,3,19H2,1-2H3,(H,20,21)(H,22,23)/b7-6+. The molecule has 2 aromatic rings. The van der Waals surface area contributed by atoms with Gasteiger partial charge in [0.15, 0.2) is 0 Å². The second-order valence-electron chi connectivity index (χ2n) is 4.90. The van der Waals surface area contributed by atoms with Crippen molar-refractivity contribution in [2.24, 2.45) is 0 Å². The van der Waals surface area contributed by atoms with Crippen molar-refractivity contribution in [3.8, 4) is 0 Å². The van der Waals surface area contributed by atoms with Crippen LogP contribution >= 0.6 is 11.6 Å². The number of nitrogens with two attached hydrogens (primary N) is 1. The molecule has 1 heterocycles. The number of hydrogen-bond donors (Lipinski definition) is 3. The van der Waals surface area contributed by atoms with Crippen LogP contribution in [0.5, 0.6) is 0 Å². The Bertz CT molecular complexity index is 743. The molecule has 0 aliphatic carbocycles. The summed E-state index contributed by atoms with van der Waals surface area (Å²) in [5.74, 6) is 0.411. The minimum absolute atomic E-state index is 0.289. The molecule has 0 aliphatic rings. The molecule has 0 atom stereocenters. The molecule has 0 unspecified atom stereocenters. The second kappa shape index (κ2) is 7.65. The fraction of sp³-hybridized carbons (Fsp3) is 0.176. The number of halogens is 1. The van der Waals surface area contributed by atoms with E-state index in [1.807, 2.05) is 13.0 Å². The molecule has 6 heteroatoms. The van der Waals surface area contributed by atoms with Crippen molar-refractivity contribution in [2.75, 3.05) is 23.4 Å². The summed E-state index contributed by atoms with van der Waals surface area (Å²) in [7, 11) is 1.78. The Kier molecular flexibility index (Phi) is 5.60. The van der Waals surface area contributed by atoms with E-state index in [0.29, 0.717) is 22.2 Å². The lowest BCUT2D eigenvalue weighted by atomic mass is 10.1. The van der Waals surface area contributed by atoms with E-state index in [4.69, 9.17) is 17.3 Å². The van der Waals surface area contributed by atoms with Crippen molar-refractivity contribution < 1.29 is 4.79 Å². The first-order valence-electron chi connectivity index (χ1n) is 7.24. The Labute approximate surface area is 140 Å². The summed E-state index contributed by atoms with van der Waals surface area (Å²) < 4.78 is 0. The molecular formula is C17H19ClN4O. The number of amides is 1. The molecule has 1 aromatic carbocycles. The normalized spacial score (nSPS) is 10.7. The van der Waals surface area contributed by atoms with Gasteiger partial charge in [-0.2, -0.15) is 0 Å². The summed E-state index contributed by atoms with van der Waals surface area (Å²) >= 11 is 6.16. The van der Waals surface area contributed by atoms with Crippen LogP contribution in [-0.2, 0) is 11.2 Å². The average Bonchev–Trinajstić information content (AvgIpc) is 2.56. The number of rotatable bonds is 5. The zero-order chi connectivity index (χ0) is 16.8. The number of pyridine rings is 1. The molecule has 5 nitrogen and oxygen atoms in total. The Morgan fingerprint density at radius 2 is 2.22 bits per heavy atom. The molecule has 0 spiro atoms. The van der Waals surface area contributed by atoms with Crippen molar-refractivity contribution >= 4 is 40.8 Å². The van der Waals surface area contributed by atoms with Gasteiger partial charge in [0.25, 0.3) is 0 Å². The molecule has 4 N–H and O–H groups in total. The molecule has 2 rings (SSSR count). The van der Waals surface area contributed by atoms with Crippen LogP contribution in [0.1, 0.15) is 18.1 Å². The number of anilines is 3. The van der Waals surface area contributed by atoms with Crippen molar-refractivity contribution in [1.29, 1.82) is 0 Å². The zero-order valence-corrected chi connectivity index (χ0v) is 13.8. The number of aryl methyl sites for hydroxylation is 1. The van der Waals surface area contributed by atoms with E-state index in [9.17, 15) is 4.79 Å². The number of carbonyl (C=O) groups is 1. The molecule has 120 valence electrons. The summed E-state index contributed by atoms with van der Waals surface area (Å²) in [4.78, 5) is 16.2. The number of aromatic nitrogens is 1. The fourth-order valence-electron chi connectivity index (χ4n) is 2.12. The van der Waals surface area contributed by atoms with Crippen LogP contribution in [0.15, 0.2) is 36.5 Å². The van der Waals surface area contributed by atoms with E-state index in [0.717, 1.165) is 17.5 Å². The number of carbonyl (C=O) groups excluding carboxylic acids is 1. The summed E-state index contributed by atoms with van der Waals surface area (Å²) in [5, 5.41) is 6.29. The minimum atomic E-state index is -0.289. The molecule has 1 aromatic heterocycles. The van der Waals surface area contributed by atoms with E-state index in [1.54, 1.807) is 37.5 Å². The molecule has 0 bridgehead atoms. The van der Waals surface area contributed by atoms with E-state index in [1.165, 1.54) is 6.08 Å². The smallest absolute Gasteiger partial charge is 0.248 e. The maximum absolute atomic E-state index is 12.1. The maximum atomic E-state index is 12.1. The molecular weight excluding hydrogens is 312 g/mol. The highest BCUT2D eigenvalue weighted by Crippen LogP contribution is 2.27. The van der Waals surface area contributed by atoms with Gasteiger partial charge in [-0.1, -0.05) is 18.5 Å². The van der Waals surface area contributed by atoms with E-state index in [-0.39, 0.29) is 5.91 Å². The van der Waals surface area contributed by atoms with Crippen LogP contribution < -0.4 is 16.4 Å². The largest absolute Gasteiger partial charge is 0.397 e. The third kappa shape index (κ3) is 4.23. The van der Waals surface area contributed by atoms with Crippen molar-refractivity contribution in [2.45, 2.75) is 13.3 Å². The minimum Gasteiger partial charge on any atom is -0.397 e. The SMILES string of the molecule is CCc1cc(N)c(NC(=O)/C=C/c2cccnc2NC)cc1Cl. The lowest BCUT2D eigenvalue weighted by Gasteiger charge is -2.10. The number of nitrogen functional groups attached to an aromatic ring is 1. The van der Waals surface area contributed by atoms with Gasteiger partial charge in [0.1, 0.15) is 5.82 Å². The topological polar surface area (TPSA) is 80.0 Å². The van der Waals surface area contributed by atoms with Crippen LogP contribution in [0.3, 0.4) is 0 Å². The molecule has 0 saturated heterocycles. The summed E-state index contributed by atoms with van der Waals surface area (Å²) in [6.07, 6.45) is 5.58. The monoisotopic (exact) mass is 330 g/mol. The number of nitrogens with one attached hydrogen (secondary N) is 2. The highest BCUT2D eigenvalue weighted by molar-refractivity contribution is 6.32. The average molecular weight is 331 g/mol. The predicted molar refractivity (Wildman–Crippen MR) is 96.7 cm³/mol.